The maximum atomic E-state index is 12.1. The van der Waals surface area contributed by atoms with E-state index >= 15 is 0 Å². The van der Waals surface area contributed by atoms with Crippen molar-refractivity contribution < 1.29 is 9.90 Å². The van der Waals surface area contributed by atoms with Gasteiger partial charge in [-0.2, -0.15) is 0 Å². The molecule has 5 heteroatoms. The standard InChI is InChI=1S/C15H9BrClNO2/c16-11-3-1-2-9-10(15(20)18-14(9)11)6-8-4-5-13(19)12(17)7-8/h1-7,19H,(H,18,20)/b10-6-. The molecule has 2 aromatic carbocycles. The predicted octanol–water partition coefficient (Wildman–Crippen LogP) is 4.30. The minimum Gasteiger partial charge on any atom is -0.506 e. The summed E-state index contributed by atoms with van der Waals surface area (Å²) in [6.07, 6.45) is 1.75. The molecule has 100 valence electrons. The number of anilines is 1. The molecule has 0 saturated heterocycles. The van der Waals surface area contributed by atoms with E-state index in [1.165, 1.54) is 6.07 Å². The second-order valence-electron chi connectivity index (χ2n) is 4.39. The highest BCUT2D eigenvalue weighted by atomic mass is 79.9. The largest absolute Gasteiger partial charge is 0.506 e. The van der Waals surface area contributed by atoms with Crippen LogP contribution in [0.25, 0.3) is 11.6 Å². The Morgan fingerprint density at radius 2 is 2.05 bits per heavy atom. The van der Waals surface area contributed by atoms with Crippen LogP contribution >= 0.6 is 27.5 Å². The third kappa shape index (κ3) is 2.21. The molecule has 20 heavy (non-hydrogen) atoms. The van der Waals surface area contributed by atoms with Crippen LogP contribution in [0.4, 0.5) is 5.69 Å². The topological polar surface area (TPSA) is 49.3 Å². The van der Waals surface area contributed by atoms with Gasteiger partial charge in [0.15, 0.2) is 0 Å². The number of carbonyl (C=O) groups excluding carboxylic acids is 1. The number of benzene rings is 2. The summed E-state index contributed by atoms with van der Waals surface area (Å²) in [5, 5.41) is 12.5. The van der Waals surface area contributed by atoms with Crippen LogP contribution in [0.2, 0.25) is 5.02 Å². The lowest BCUT2D eigenvalue weighted by Gasteiger charge is -2.01. The van der Waals surface area contributed by atoms with Gasteiger partial charge in [-0.15, -0.1) is 0 Å². The van der Waals surface area contributed by atoms with Crippen molar-refractivity contribution in [3.05, 3.63) is 57.0 Å². The summed E-state index contributed by atoms with van der Waals surface area (Å²) in [7, 11) is 0. The zero-order valence-corrected chi connectivity index (χ0v) is 12.5. The van der Waals surface area contributed by atoms with Crippen LogP contribution in [-0.2, 0) is 4.79 Å². The first-order valence-electron chi connectivity index (χ1n) is 5.87. The molecule has 0 aliphatic carbocycles. The van der Waals surface area contributed by atoms with E-state index in [4.69, 9.17) is 11.6 Å². The van der Waals surface area contributed by atoms with E-state index < -0.39 is 0 Å². The molecular weight excluding hydrogens is 342 g/mol. The smallest absolute Gasteiger partial charge is 0.256 e. The number of nitrogens with one attached hydrogen (secondary N) is 1. The van der Waals surface area contributed by atoms with E-state index in [2.05, 4.69) is 21.2 Å². The van der Waals surface area contributed by atoms with Gasteiger partial charge in [0.25, 0.3) is 5.91 Å². The van der Waals surface area contributed by atoms with Gasteiger partial charge >= 0.3 is 0 Å². The minimum absolute atomic E-state index is 0.0211. The molecular formula is C15H9BrClNO2. The van der Waals surface area contributed by atoms with Gasteiger partial charge in [0.1, 0.15) is 5.75 Å². The number of aromatic hydroxyl groups is 1. The van der Waals surface area contributed by atoms with E-state index in [9.17, 15) is 9.90 Å². The highest BCUT2D eigenvalue weighted by Crippen LogP contribution is 2.38. The summed E-state index contributed by atoms with van der Waals surface area (Å²) >= 11 is 9.29. The maximum Gasteiger partial charge on any atom is 0.256 e. The Morgan fingerprint density at radius 1 is 1.25 bits per heavy atom. The predicted molar refractivity (Wildman–Crippen MR) is 83.8 cm³/mol. The van der Waals surface area contributed by atoms with Gasteiger partial charge < -0.3 is 10.4 Å². The second-order valence-corrected chi connectivity index (χ2v) is 5.65. The Morgan fingerprint density at radius 3 is 2.80 bits per heavy atom. The molecule has 1 amide bonds. The SMILES string of the molecule is O=C1Nc2c(Br)cccc2/C1=C/c1ccc(O)c(Cl)c1. The molecule has 2 N–H and O–H groups in total. The van der Waals surface area contributed by atoms with Crippen LogP contribution in [0.3, 0.4) is 0 Å². The number of para-hydroxylation sites is 1. The molecule has 0 fully saturated rings. The number of phenolic OH excluding ortho intramolecular Hbond substituents is 1. The molecule has 3 nitrogen and oxygen atoms in total. The molecule has 0 aromatic heterocycles. The molecule has 0 atom stereocenters. The number of hydrogen-bond acceptors (Lipinski definition) is 2. The average Bonchev–Trinajstić information content (AvgIpc) is 2.73. The van der Waals surface area contributed by atoms with Crippen molar-refractivity contribution in [3.63, 3.8) is 0 Å². The van der Waals surface area contributed by atoms with Gasteiger partial charge in [0.2, 0.25) is 0 Å². The molecule has 0 radical (unpaired) electrons. The normalized spacial score (nSPS) is 15.3. The highest BCUT2D eigenvalue weighted by Gasteiger charge is 2.25. The lowest BCUT2D eigenvalue weighted by Crippen LogP contribution is -2.03. The molecule has 0 unspecified atom stereocenters. The summed E-state index contributed by atoms with van der Waals surface area (Å²) in [6.45, 7) is 0. The summed E-state index contributed by atoms with van der Waals surface area (Å²) in [5.74, 6) is -0.135. The lowest BCUT2D eigenvalue weighted by molar-refractivity contribution is -0.110. The van der Waals surface area contributed by atoms with Crippen molar-refractivity contribution in [1.29, 1.82) is 0 Å². The van der Waals surface area contributed by atoms with Crippen molar-refractivity contribution in [2.75, 3.05) is 5.32 Å². The number of hydrogen-bond donors (Lipinski definition) is 2. The van der Waals surface area contributed by atoms with Gasteiger partial charge in [0.05, 0.1) is 10.7 Å². The Balaban J connectivity index is 2.11. The summed E-state index contributed by atoms with van der Waals surface area (Å²) in [6, 6.07) is 10.5. The lowest BCUT2D eigenvalue weighted by atomic mass is 10.0. The van der Waals surface area contributed by atoms with E-state index in [0.29, 0.717) is 5.57 Å². The third-order valence-corrected chi connectivity index (χ3v) is 4.03. The zero-order chi connectivity index (χ0) is 14.3. The number of amides is 1. The van der Waals surface area contributed by atoms with Crippen LogP contribution in [0, 0.1) is 0 Å². The zero-order valence-electron chi connectivity index (χ0n) is 10.2. The fourth-order valence-corrected chi connectivity index (χ4v) is 2.76. The number of rotatable bonds is 1. The van der Waals surface area contributed by atoms with Crippen LogP contribution in [0.15, 0.2) is 40.9 Å². The molecule has 0 bridgehead atoms. The summed E-state index contributed by atoms with van der Waals surface area (Å²) in [4.78, 5) is 12.1. The van der Waals surface area contributed by atoms with Crippen molar-refractivity contribution in [2.24, 2.45) is 0 Å². The van der Waals surface area contributed by atoms with Gasteiger partial charge in [-0.05, 0) is 45.8 Å². The van der Waals surface area contributed by atoms with Crippen molar-refractivity contribution in [3.8, 4) is 5.75 Å². The first kappa shape index (κ1) is 13.2. The molecule has 1 aliphatic heterocycles. The van der Waals surface area contributed by atoms with Crippen LogP contribution < -0.4 is 5.32 Å². The molecule has 2 aromatic rings. The van der Waals surface area contributed by atoms with E-state index in [0.717, 1.165) is 21.3 Å². The molecule has 1 aliphatic rings. The van der Waals surface area contributed by atoms with Crippen LogP contribution in [0.5, 0.6) is 5.75 Å². The third-order valence-electron chi connectivity index (χ3n) is 3.07. The number of halogens is 2. The first-order valence-corrected chi connectivity index (χ1v) is 7.04. The molecule has 1 heterocycles. The monoisotopic (exact) mass is 349 g/mol. The van der Waals surface area contributed by atoms with Gasteiger partial charge in [-0.3, -0.25) is 4.79 Å². The highest BCUT2D eigenvalue weighted by molar-refractivity contribution is 9.10. The van der Waals surface area contributed by atoms with E-state index in [-0.39, 0.29) is 16.7 Å². The second kappa shape index (κ2) is 4.96. The average molecular weight is 351 g/mol. The summed E-state index contributed by atoms with van der Waals surface area (Å²) in [5.41, 5.74) is 2.94. The van der Waals surface area contributed by atoms with Crippen LogP contribution in [0.1, 0.15) is 11.1 Å². The molecule has 0 spiro atoms. The number of carbonyl (C=O) groups is 1. The van der Waals surface area contributed by atoms with Gasteiger partial charge in [0, 0.05) is 15.6 Å². The van der Waals surface area contributed by atoms with Gasteiger partial charge in [-0.1, -0.05) is 29.8 Å². The van der Waals surface area contributed by atoms with Crippen molar-refractivity contribution in [1.82, 2.24) is 0 Å². The van der Waals surface area contributed by atoms with Crippen molar-refractivity contribution >= 4 is 50.8 Å². The Bertz CT molecular complexity index is 756. The van der Waals surface area contributed by atoms with Crippen LogP contribution in [-0.4, -0.2) is 11.0 Å². The minimum atomic E-state index is -0.156. The maximum absolute atomic E-state index is 12.1. The number of phenols is 1. The number of fused-ring (bicyclic) bond motifs is 1. The Kier molecular flexibility index (Phi) is 3.28. The fourth-order valence-electron chi connectivity index (χ4n) is 2.10. The van der Waals surface area contributed by atoms with E-state index in [1.807, 2.05) is 18.2 Å². The Labute approximate surface area is 129 Å². The van der Waals surface area contributed by atoms with Crippen molar-refractivity contribution in [2.45, 2.75) is 0 Å². The molecule has 3 rings (SSSR count). The van der Waals surface area contributed by atoms with E-state index in [1.54, 1.807) is 18.2 Å². The first-order chi connectivity index (χ1) is 9.56. The Hall–Kier alpha value is -1.78. The van der Waals surface area contributed by atoms with Gasteiger partial charge in [-0.25, -0.2) is 0 Å². The summed E-state index contributed by atoms with van der Waals surface area (Å²) < 4.78 is 0.843. The quantitative estimate of drug-likeness (QED) is 0.753. The molecule has 0 saturated carbocycles. The fraction of sp³-hybridized carbons (Fsp3) is 0.